The molecule has 3 nitrogen and oxygen atoms in total. The quantitative estimate of drug-likeness (QED) is 0.911. The molecule has 1 aromatic heterocycles. The van der Waals surface area contributed by atoms with E-state index in [4.69, 9.17) is 5.73 Å². The van der Waals surface area contributed by atoms with Gasteiger partial charge in [0.2, 0.25) is 5.91 Å². The van der Waals surface area contributed by atoms with Crippen LogP contribution in [-0.4, -0.2) is 22.9 Å². The van der Waals surface area contributed by atoms with Gasteiger partial charge in [-0.25, -0.2) is 0 Å². The second kappa shape index (κ2) is 3.82. The van der Waals surface area contributed by atoms with E-state index >= 15 is 0 Å². The number of amides is 1. The molecule has 5 heteroatoms. The van der Waals surface area contributed by atoms with E-state index in [1.165, 1.54) is 4.88 Å². The van der Waals surface area contributed by atoms with Gasteiger partial charge >= 0.3 is 0 Å². The highest BCUT2D eigenvalue weighted by atomic mass is 79.9. The van der Waals surface area contributed by atoms with Gasteiger partial charge in [0.25, 0.3) is 0 Å². The maximum absolute atomic E-state index is 11.9. The van der Waals surface area contributed by atoms with Crippen LogP contribution in [0.25, 0.3) is 0 Å². The van der Waals surface area contributed by atoms with Crippen molar-refractivity contribution in [3.8, 4) is 0 Å². The third-order valence-electron chi connectivity index (χ3n) is 3.22. The van der Waals surface area contributed by atoms with Gasteiger partial charge in [0.15, 0.2) is 0 Å². The lowest BCUT2D eigenvalue weighted by Gasteiger charge is -2.25. The van der Waals surface area contributed by atoms with E-state index in [1.807, 2.05) is 4.90 Å². The molecule has 0 bridgehead atoms. The first-order chi connectivity index (χ1) is 7.66. The molecule has 2 fully saturated rings. The predicted octanol–water partition coefficient (Wildman–Crippen LogP) is 2.27. The van der Waals surface area contributed by atoms with Crippen molar-refractivity contribution in [2.75, 3.05) is 0 Å². The van der Waals surface area contributed by atoms with Crippen molar-refractivity contribution in [3.63, 3.8) is 0 Å². The molecule has 1 aromatic rings. The highest BCUT2D eigenvalue weighted by Gasteiger charge is 2.46. The van der Waals surface area contributed by atoms with Gasteiger partial charge in [0.1, 0.15) is 0 Å². The lowest BCUT2D eigenvalue weighted by Crippen LogP contribution is -2.34. The Kier molecular flexibility index (Phi) is 2.57. The average molecular weight is 301 g/mol. The fourth-order valence-electron chi connectivity index (χ4n) is 2.40. The van der Waals surface area contributed by atoms with Crippen molar-refractivity contribution >= 4 is 33.2 Å². The number of halogens is 1. The molecule has 1 saturated carbocycles. The van der Waals surface area contributed by atoms with Crippen molar-refractivity contribution < 1.29 is 4.79 Å². The predicted molar refractivity (Wildman–Crippen MR) is 67.2 cm³/mol. The zero-order chi connectivity index (χ0) is 11.3. The standard InChI is InChI=1S/C11H13BrN2OS/c12-6-3-9(16-5-6)11-8(13)4-10(15)14(11)7-1-2-7/h3,5,7-8,11H,1-2,4,13H2. The van der Waals surface area contributed by atoms with E-state index in [0.29, 0.717) is 12.5 Å². The van der Waals surface area contributed by atoms with E-state index in [1.54, 1.807) is 11.3 Å². The van der Waals surface area contributed by atoms with Crippen LogP contribution in [-0.2, 0) is 4.79 Å². The second-order valence-electron chi connectivity index (χ2n) is 4.51. The minimum atomic E-state index is -0.0429. The van der Waals surface area contributed by atoms with E-state index in [0.717, 1.165) is 17.3 Å². The Balaban J connectivity index is 1.93. The number of carbonyl (C=O) groups excluding carboxylic acids is 1. The third kappa shape index (κ3) is 1.71. The molecule has 1 aliphatic heterocycles. The lowest BCUT2D eigenvalue weighted by atomic mass is 10.1. The molecule has 2 unspecified atom stereocenters. The Morgan fingerprint density at radius 2 is 2.25 bits per heavy atom. The number of carbonyl (C=O) groups is 1. The highest BCUT2D eigenvalue weighted by Crippen LogP contribution is 2.43. The molecular weight excluding hydrogens is 288 g/mol. The van der Waals surface area contributed by atoms with E-state index in [2.05, 4.69) is 27.4 Å². The maximum atomic E-state index is 11.9. The minimum Gasteiger partial charge on any atom is -0.330 e. The lowest BCUT2D eigenvalue weighted by molar-refractivity contribution is -0.129. The Morgan fingerprint density at radius 1 is 1.50 bits per heavy atom. The molecule has 1 amide bonds. The van der Waals surface area contributed by atoms with Gasteiger partial charge in [-0.05, 0) is 34.8 Å². The summed E-state index contributed by atoms with van der Waals surface area (Å²) in [6, 6.07) is 2.60. The summed E-state index contributed by atoms with van der Waals surface area (Å²) in [5.74, 6) is 0.226. The Morgan fingerprint density at radius 3 is 2.81 bits per heavy atom. The fourth-order valence-corrected chi connectivity index (χ4v) is 4.01. The average Bonchev–Trinajstić information content (AvgIpc) is 2.90. The summed E-state index contributed by atoms with van der Waals surface area (Å²) in [7, 11) is 0. The molecule has 2 atom stereocenters. The van der Waals surface area contributed by atoms with Gasteiger partial charge < -0.3 is 10.6 Å². The molecule has 0 aromatic carbocycles. The number of nitrogens with two attached hydrogens (primary N) is 1. The molecule has 86 valence electrons. The number of hydrogen-bond acceptors (Lipinski definition) is 3. The second-order valence-corrected chi connectivity index (χ2v) is 6.37. The van der Waals surface area contributed by atoms with Gasteiger partial charge in [-0.15, -0.1) is 11.3 Å². The molecule has 2 aliphatic rings. The Bertz CT molecular complexity index is 429. The summed E-state index contributed by atoms with van der Waals surface area (Å²) in [4.78, 5) is 15.1. The van der Waals surface area contributed by atoms with Gasteiger partial charge in [-0.1, -0.05) is 0 Å². The molecular formula is C11H13BrN2OS. The third-order valence-corrected chi connectivity index (χ3v) is 4.99. The number of rotatable bonds is 2. The van der Waals surface area contributed by atoms with Crippen molar-refractivity contribution in [2.45, 2.75) is 37.4 Å². The van der Waals surface area contributed by atoms with Gasteiger partial charge in [-0.2, -0.15) is 0 Å². The summed E-state index contributed by atoms with van der Waals surface area (Å²) in [6.45, 7) is 0. The van der Waals surface area contributed by atoms with Gasteiger partial charge in [-0.3, -0.25) is 4.79 Å². The molecule has 16 heavy (non-hydrogen) atoms. The SMILES string of the molecule is NC1CC(=O)N(C2CC2)C1c1cc(Br)cs1. The topological polar surface area (TPSA) is 46.3 Å². The van der Waals surface area contributed by atoms with Crippen LogP contribution in [0.4, 0.5) is 0 Å². The normalized spacial score (nSPS) is 30.1. The zero-order valence-corrected chi connectivity index (χ0v) is 11.1. The number of nitrogens with zero attached hydrogens (tertiary/aromatic N) is 1. The first-order valence-electron chi connectivity index (χ1n) is 5.47. The molecule has 1 saturated heterocycles. The van der Waals surface area contributed by atoms with Crippen LogP contribution in [0.3, 0.4) is 0 Å². The van der Waals surface area contributed by atoms with Crippen LogP contribution in [0, 0.1) is 0 Å². The van der Waals surface area contributed by atoms with Crippen LogP contribution in [0.5, 0.6) is 0 Å². The van der Waals surface area contributed by atoms with E-state index < -0.39 is 0 Å². The maximum Gasteiger partial charge on any atom is 0.225 e. The first kappa shape index (κ1) is 10.7. The monoisotopic (exact) mass is 300 g/mol. The van der Waals surface area contributed by atoms with Crippen molar-refractivity contribution in [2.24, 2.45) is 5.73 Å². The number of thiophene rings is 1. The smallest absolute Gasteiger partial charge is 0.225 e. The summed E-state index contributed by atoms with van der Waals surface area (Å²) < 4.78 is 1.08. The fraction of sp³-hybridized carbons (Fsp3) is 0.545. The number of likely N-dealkylation sites (tertiary alicyclic amines) is 1. The molecule has 3 rings (SSSR count). The van der Waals surface area contributed by atoms with Gasteiger partial charge in [0, 0.05) is 33.2 Å². The first-order valence-corrected chi connectivity index (χ1v) is 7.15. The van der Waals surface area contributed by atoms with Gasteiger partial charge in [0.05, 0.1) is 6.04 Å². The minimum absolute atomic E-state index is 0.0429. The van der Waals surface area contributed by atoms with Crippen LogP contribution in [0.1, 0.15) is 30.2 Å². The van der Waals surface area contributed by atoms with Crippen LogP contribution in [0.2, 0.25) is 0 Å². The van der Waals surface area contributed by atoms with Crippen molar-refractivity contribution in [1.29, 1.82) is 0 Å². The zero-order valence-electron chi connectivity index (χ0n) is 8.73. The molecule has 0 spiro atoms. The Hall–Kier alpha value is -0.390. The van der Waals surface area contributed by atoms with Crippen LogP contribution >= 0.6 is 27.3 Å². The molecule has 2 N–H and O–H groups in total. The van der Waals surface area contributed by atoms with Crippen LogP contribution < -0.4 is 5.73 Å². The summed E-state index contributed by atoms with van der Waals surface area (Å²) in [6.07, 6.45) is 2.78. The molecule has 2 heterocycles. The summed E-state index contributed by atoms with van der Waals surface area (Å²) in [5, 5.41) is 2.05. The molecule has 1 aliphatic carbocycles. The highest BCUT2D eigenvalue weighted by molar-refractivity contribution is 9.10. The largest absolute Gasteiger partial charge is 0.330 e. The van der Waals surface area contributed by atoms with Crippen molar-refractivity contribution in [3.05, 3.63) is 20.8 Å². The molecule has 0 radical (unpaired) electrons. The van der Waals surface area contributed by atoms with E-state index in [9.17, 15) is 4.79 Å². The summed E-state index contributed by atoms with van der Waals surface area (Å²) >= 11 is 5.13. The number of hydrogen-bond donors (Lipinski definition) is 1. The summed E-state index contributed by atoms with van der Waals surface area (Å²) in [5.41, 5.74) is 6.10. The van der Waals surface area contributed by atoms with Crippen LogP contribution in [0.15, 0.2) is 15.9 Å². The van der Waals surface area contributed by atoms with Crippen molar-refractivity contribution in [1.82, 2.24) is 4.90 Å². The van der Waals surface area contributed by atoms with E-state index in [-0.39, 0.29) is 18.0 Å². The Labute approximate surface area is 107 Å².